The molecule has 146 valence electrons. The van der Waals surface area contributed by atoms with E-state index in [-0.39, 0.29) is 17.3 Å². The zero-order valence-electron chi connectivity index (χ0n) is 16.3. The maximum Gasteiger partial charge on any atom is 0.243 e. The maximum absolute atomic E-state index is 12.6. The number of benzene rings is 1. The smallest absolute Gasteiger partial charge is 0.243 e. The molecular weight excluding hydrogens is 350 g/mol. The molecule has 1 N–H and O–H groups in total. The molecule has 0 radical (unpaired) electrons. The molecule has 0 saturated carbocycles. The average molecular weight is 382 g/mol. The number of hydrogen-bond donors (Lipinski definition) is 1. The van der Waals surface area contributed by atoms with E-state index in [2.05, 4.69) is 17.1 Å². The van der Waals surface area contributed by atoms with Crippen LogP contribution in [0.4, 0.5) is 0 Å². The van der Waals surface area contributed by atoms with E-state index in [1.54, 1.807) is 18.2 Å². The second-order valence-corrected chi connectivity index (χ2v) is 9.47. The second kappa shape index (κ2) is 8.97. The average Bonchev–Trinajstić information content (AvgIpc) is 3.08. The normalized spacial score (nSPS) is 16.8. The van der Waals surface area contributed by atoms with Crippen LogP contribution in [0.5, 0.6) is 0 Å². The largest absolute Gasteiger partial charge is 0.355 e. The van der Waals surface area contributed by atoms with Crippen LogP contribution in [-0.4, -0.2) is 63.3 Å². The summed E-state index contributed by atoms with van der Waals surface area (Å²) < 4.78 is 26.4. The van der Waals surface area contributed by atoms with Crippen molar-refractivity contribution in [1.82, 2.24) is 14.5 Å². The molecule has 2 rings (SSSR count). The van der Waals surface area contributed by atoms with Crippen LogP contribution in [0, 0.1) is 19.8 Å². The molecule has 7 heteroatoms. The fourth-order valence-electron chi connectivity index (χ4n) is 3.16. The second-order valence-electron chi connectivity index (χ2n) is 7.42. The third kappa shape index (κ3) is 5.53. The number of amides is 1. The molecule has 1 unspecified atom stereocenters. The van der Waals surface area contributed by atoms with Crippen LogP contribution in [0.2, 0.25) is 0 Å². The highest BCUT2D eigenvalue weighted by Crippen LogP contribution is 2.18. The van der Waals surface area contributed by atoms with Crippen molar-refractivity contribution in [2.45, 2.75) is 38.5 Å². The van der Waals surface area contributed by atoms with Gasteiger partial charge in [-0.05, 0) is 69.0 Å². The lowest BCUT2D eigenvalue weighted by atomic mass is 10.1. The number of carbonyl (C=O) groups is 1. The van der Waals surface area contributed by atoms with Crippen molar-refractivity contribution < 1.29 is 13.2 Å². The quantitative estimate of drug-likeness (QED) is 0.745. The van der Waals surface area contributed by atoms with Crippen molar-refractivity contribution >= 4 is 15.9 Å². The monoisotopic (exact) mass is 381 g/mol. The van der Waals surface area contributed by atoms with Crippen LogP contribution in [-0.2, 0) is 14.8 Å². The molecule has 0 bridgehead atoms. The minimum atomic E-state index is -3.67. The number of rotatable bonds is 8. The van der Waals surface area contributed by atoms with Crippen molar-refractivity contribution in [3.05, 3.63) is 29.3 Å². The van der Waals surface area contributed by atoms with Crippen LogP contribution < -0.4 is 5.32 Å². The van der Waals surface area contributed by atoms with Crippen LogP contribution >= 0.6 is 0 Å². The van der Waals surface area contributed by atoms with Gasteiger partial charge in [0.05, 0.1) is 11.4 Å². The predicted octanol–water partition coefficient (Wildman–Crippen LogP) is 1.77. The van der Waals surface area contributed by atoms with Gasteiger partial charge in [0.15, 0.2) is 0 Å². The molecule has 1 fully saturated rings. The van der Waals surface area contributed by atoms with Gasteiger partial charge >= 0.3 is 0 Å². The van der Waals surface area contributed by atoms with Gasteiger partial charge in [-0.3, -0.25) is 4.79 Å². The standard InChI is InChI=1S/C19H31N3O3S/c1-15(13-22-9-5-6-10-22)12-20-19(23)14-21(4)26(24,25)18-8-7-16(2)17(3)11-18/h7-8,11,15H,5-6,9-10,12-14H2,1-4H3,(H,20,23). The number of nitrogens with one attached hydrogen (secondary N) is 1. The molecule has 1 aromatic carbocycles. The lowest BCUT2D eigenvalue weighted by Crippen LogP contribution is -2.41. The number of likely N-dealkylation sites (tertiary alicyclic amines) is 1. The number of nitrogens with zero attached hydrogens (tertiary/aromatic N) is 2. The summed E-state index contributed by atoms with van der Waals surface area (Å²) in [6.07, 6.45) is 2.50. The van der Waals surface area contributed by atoms with E-state index < -0.39 is 10.0 Å². The lowest BCUT2D eigenvalue weighted by Gasteiger charge is -2.21. The maximum atomic E-state index is 12.6. The van der Waals surface area contributed by atoms with Crippen molar-refractivity contribution in [3.8, 4) is 0 Å². The first kappa shape index (κ1) is 20.9. The number of sulfonamides is 1. The summed E-state index contributed by atoms with van der Waals surface area (Å²) in [5, 5.41) is 2.86. The van der Waals surface area contributed by atoms with Gasteiger partial charge < -0.3 is 10.2 Å². The molecule has 26 heavy (non-hydrogen) atoms. The van der Waals surface area contributed by atoms with Gasteiger partial charge in [-0.1, -0.05) is 13.0 Å². The topological polar surface area (TPSA) is 69.7 Å². The minimum absolute atomic E-state index is 0.175. The molecule has 1 aromatic rings. The van der Waals surface area contributed by atoms with Gasteiger partial charge in [0.2, 0.25) is 15.9 Å². The van der Waals surface area contributed by atoms with Crippen molar-refractivity contribution in [2.75, 3.05) is 39.8 Å². The van der Waals surface area contributed by atoms with Crippen LogP contribution in [0.15, 0.2) is 23.1 Å². The number of hydrogen-bond acceptors (Lipinski definition) is 4. The molecule has 1 aliphatic heterocycles. The van der Waals surface area contributed by atoms with Crippen molar-refractivity contribution in [2.24, 2.45) is 5.92 Å². The predicted molar refractivity (Wildman–Crippen MR) is 104 cm³/mol. The molecule has 1 amide bonds. The third-order valence-corrected chi connectivity index (χ3v) is 6.77. The van der Waals surface area contributed by atoms with E-state index in [0.717, 1.165) is 35.1 Å². The van der Waals surface area contributed by atoms with Crippen LogP contribution in [0.3, 0.4) is 0 Å². The van der Waals surface area contributed by atoms with Crippen LogP contribution in [0.25, 0.3) is 0 Å². The molecule has 6 nitrogen and oxygen atoms in total. The summed E-state index contributed by atoms with van der Waals surface area (Å²) in [4.78, 5) is 14.8. The summed E-state index contributed by atoms with van der Waals surface area (Å²) >= 11 is 0. The first-order valence-electron chi connectivity index (χ1n) is 9.23. The molecule has 1 aliphatic rings. The number of aryl methyl sites for hydroxylation is 2. The Bertz CT molecular complexity index is 728. The Morgan fingerprint density at radius 3 is 2.50 bits per heavy atom. The number of carbonyl (C=O) groups excluding carboxylic acids is 1. The van der Waals surface area contributed by atoms with Gasteiger partial charge in [-0.2, -0.15) is 4.31 Å². The zero-order valence-corrected chi connectivity index (χ0v) is 17.1. The van der Waals surface area contributed by atoms with Crippen molar-refractivity contribution in [3.63, 3.8) is 0 Å². The molecule has 1 atom stereocenters. The molecule has 0 aromatic heterocycles. The van der Waals surface area contributed by atoms with Gasteiger partial charge in [-0.15, -0.1) is 0 Å². The van der Waals surface area contributed by atoms with Gasteiger partial charge in [0.25, 0.3) is 0 Å². The van der Waals surface area contributed by atoms with E-state index in [9.17, 15) is 13.2 Å². The Hall–Kier alpha value is -1.44. The molecule has 1 heterocycles. The summed E-state index contributed by atoms with van der Waals surface area (Å²) in [5.41, 5.74) is 1.95. The molecule has 1 saturated heterocycles. The van der Waals surface area contributed by atoms with E-state index in [1.165, 1.54) is 19.9 Å². The van der Waals surface area contributed by atoms with E-state index in [1.807, 2.05) is 13.8 Å². The number of likely N-dealkylation sites (N-methyl/N-ethyl adjacent to an activating group) is 1. The Kier molecular flexibility index (Phi) is 7.20. The lowest BCUT2D eigenvalue weighted by molar-refractivity contribution is -0.121. The van der Waals surface area contributed by atoms with Crippen molar-refractivity contribution in [1.29, 1.82) is 0 Å². The molecule has 0 spiro atoms. The van der Waals surface area contributed by atoms with E-state index in [4.69, 9.17) is 0 Å². The van der Waals surface area contributed by atoms with E-state index in [0.29, 0.717) is 12.5 Å². The summed E-state index contributed by atoms with van der Waals surface area (Å²) in [6.45, 7) is 9.54. The first-order chi connectivity index (χ1) is 12.2. The molecular formula is C19H31N3O3S. The minimum Gasteiger partial charge on any atom is -0.355 e. The summed E-state index contributed by atoms with van der Waals surface area (Å²) in [5.74, 6) is 0.0758. The fraction of sp³-hybridized carbons (Fsp3) is 0.632. The molecule has 0 aliphatic carbocycles. The zero-order chi connectivity index (χ0) is 19.3. The highest BCUT2D eigenvalue weighted by atomic mass is 32.2. The first-order valence-corrected chi connectivity index (χ1v) is 10.7. The van der Waals surface area contributed by atoms with Gasteiger partial charge in [-0.25, -0.2) is 8.42 Å². The Morgan fingerprint density at radius 1 is 1.23 bits per heavy atom. The third-order valence-electron chi connectivity index (χ3n) is 4.97. The van der Waals surface area contributed by atoms with E-state index >= 15 is 0 Å². The Morgan fingerprint density at radius 2 is 1.88 bits per heavy atom. The van der Waals surface area contributed by atoms with Gasteiger partial charge in [0.1, 0.15) is 0 Å². The van der Waals surface area contributed by atoms with Gasteiger partial charge in [0, 0.05) is 20.1 Å². The Balaban J connectivity index is 1.85. The van der Waals surface area contributed by atoms with Crippen LogP contribution in [0.1, 0.15) is 30.9 Å². The SMILES string of the molecule is Cc1ccc(S(=O)(=O)N(C)CC(=O)NCC(C)CN2CCCC2)cc1C. The Labute approximate surface area is 157 Å². The highest BCUT2D eigenvalue weighted by molar-refractivity contribution is 7.89. The summed E-state index contributed by atoms with van der Waals surface area (Å²) in [6, 6.07) is 5.03. The highest BCUT2D eigenvalue weighted by Gasteiger charge is 2.23. The fourth-order valence-corrected chi connectivity index (χ4v) is 4.37. The summed E-state index contributed by atoms with van der Waals surface area (Å²) in [7, 11) is -2.22.